The molecule has 1 heterocycles. The van der Waals surface area contributed by atoms with E-state index in [2.05, 4.69) is 15.0 Å². The van der Waals surface area contributed by atoms with Crippen molar-refractivity contribution in [3.8, 4) is 0 Å². The number of hydrogen-bond acceptors (Lipinski definition) is 2. The Morgan fingerprint density at radius 3 is 2.88 bits per heavy atom. The summed E-state index contributed by atoms with van der Waals surface area (Å²) in [6.07, 6.45) is 6.99. The zero-order valence-electron chi connectivity index (χ0n) is 9.19. The second-order valence-corrected chi connectivity index (χ2v) is 4.36. The minimum absolute atomic E-state index is 0.521. The third kappa shape index (κ3) is 1.85. The summed E-state index contributed by atoms with van der Waals surface area (Å²) in [6.45, 7) is 0. The first-order valence-corrected chi connectivity index (χ1v) is 5.90. The highest BCUT2D eigenvalue weighted by molar-refractivity contribution is 5.83. The summed E-state index contributed by atoms with van der Waals surface area (Å²) in [5.41, 5.74) is 2.09. The van der Waals surface area contributed by atoms with E-state index in [9.17, 15) is 0 Å². The second kappa shape index (κ2) is 4.08. The molecule has 82 valence electrons. The third-order valence-electron chi connectivity index (χ3n) is 3.14. The lowest BCUT2D eigenvalue weighted by atomic mass is 10.3. The van der Waals surface area contributed by atoms with E-state index in [1.54, 1.807) is 0 Å². The van der Waals surface area contributed by atoms with Crippen LogP contribution in [-0.2, 0) is 0 Å². The van der Waals surface area contributed by atoms with Crippen LogP contribution in [0.1, 0.15) is 31.5 Å². The molecule has 1 aromatic heterocycles. The number of para-hydroxylation sites is 2. The van der Waals surface area contributed by atoms with E-state index in [1.807, 2.05) is 30.5 Å². The van der Waals surface area contributed by atoms with Crippen molar-refractivity contribution in [3.63, 3.8) is 0 Å². The van der Waals surface area contributed by atoms with Gasteiger partial charge in [-0.25, -0.2) is 4.98 Å². The SMILES string of the molecule is C(=N\C1CCCC1)/c1nc2ccccc2[nH]1. The van der Waals surface area contributed by atoms with Gasteiger partial charge in [0.2, 0.25) is 0 Å². The van der Waals surface area contributed by atoms with E-state index < -0.39 is 0 Å². The third-order valence-corrected chi connectivity index (χ3v) is 3.14. The van der Waals surface area contributed by atoms with Crippen molar-refractivity contribution >= 4 is 17.2 Å². The van der Waals surface area contributed by atoms with E-state index in [0.717, 1.165) is 16.9 Å². The van der Waals surface area contributed by atoms with Crippen LogP contribution in [0.15, 0.2) is 29.3 Å². The molecule has 1 fully saturated rings. The minimum Gasteiger partial charge on any atom is -0.337 e. The van der Waals surface area contributed by atoms with Crippen LogP contribution in [-0.4, -0.2) is 22.2 Å². The van der Waals surface area contributed by atoms with Gasteiger partial charge in [0.25, 0.3) is 0 Å². The van der Waals surface area contributed by atoms with Crippen molar-refractivity contribution in [3.05, 3.63) is 30.1 Å². The van der Waals surface area contributed by atoms with E-state index in [0.29, 0.717) is 6.04 Å². The average Bonchev–Trinajstić information content (AvgIpc) is 2.95. The summed E-state index contributed by atoms with van der Waals surface area (Å²) >= 11 is 0. The molecule has 1 aliphatic rings. The quantitative estimate of drug-likeness (QED) is 0.765. The lowest BCUT2D eigenvalue weighted by molar-refractivity contribution is 0.709. The van der Waals surface area contributed by atoms with Crippen LogP contribution in [0.4, 0.5) is 0 Å². The van der Waals surface area contributed by atoms with Crippen LogP contribution < -0.4 is 0 Å². The van der Waals surface area contributed by atoms with Gasteiger partial charge in [-0.15, -0.1) is 0 Å². The molecule has 0 spiro atoms. The minimum atomic E-state index is 0.521. The van der Waals surface area contributed by atoms with Gasteiger partial charge < -0.3 is 4.98 Å². The molecule has 0 bridgehead atoms. The maximum absolute atomic E-state index is 4.57. The first kappa shape index (κ1) is 9.58. The van der Waals surface area contributed by atoms with Gasteiger partial charge in [0.1, 0.15) is 5.82 Å². The summed E-state index contributed by atoms with van der Waals surface area (Å²) < 4.78 is 0. The van der Waals surface area contributed by atoms with Crippen LogP contribution in [0.2, 0.25) is 0 Å². The number of H-pyrrole nitrogens is 1. The van der Waals surface area contributed by atoms with Crippen molar-refractivity contribution < 1.29 is 0 Å². The Morgan fingerprint density at radius 2 is 2.06 bits per heavy atom. The predicted molar refractivity (Wildman–Crippen MR) is 65.9 cm³/mol. The number of fused-ring (bicyclic) bond motifs is 1. The maximum atomic E-state index is 4.57. The fourth-order valence-corrected chi connectivity index (χ4v) is 2.26. The van der Waals surface area contributed by atoms with Crippen LogP contribution in [0, 0.1) is 0 Å². The summed E-state index contributed by atoms with van der Waals surface area (Å²) in [5.74, 6) is 0.869. The Morgan fingerprint density at radius 1 is 1.25 bits per heavy atom. The molecule has 0 amide bonds. The average molecular weight is 213 g/mol. The Kier molecular flexibility index (Phi) is 2.44. The van der Waals surface area contributed by atoms with Crippen LogP contribution in [0.3, 0.4) is 0 Å². The van der Waals surface area contributed by atoms with Crippen molar-refractivity contribution in [2.24, 2.45) is 4.99 Å². The number of imidazole rings is 1. The normalized spacial score (nSPS) is 17.8. The van der Waals surface area contributed by atoms with Gasteiger partial charge in [-0.3, -0.25) is 4.99 Å². The van der Waals surface area contributed by atoms with Crippen molar-refractivity contribution in [1.29, 1.82) is 0 Å². The molecule has 3 nitrogen and oxygen atoms in total. The van der Waals surface area contributed by atoms with Crippen molar-refractivity contribution in [2.75, 3.05) is 0 Å². The molecule has 16 heavy (non-hydrogen) atoms. The van der Waals surface area contributed by atoms with Gasteiger partial charge in [0.05, 0.1) is 23.3 Å². The smallest absolute Gasteiger partial charge is 0.149 e. The summed E-state index contributed by atoms with van der Waals surface area (Å²) in [4.78, 5) is 12.3. The molecular weight excluding hydrogens is 198 g/mol. The molecule has 1 N–H and O–H groups in total. The number of aromatic nitrogens is 2. The van der Waals surface area contributed by atoms with Gasteiger partial charge in [-0.05, 0) is 25.0 Å². The topological polar surface area (TPSA) is 41.0 Å². The summed E-state index contributed by atoms with van der Waals surface area (Å²) in [5, 5.41) is 0. The maximum Gasteiger partial charge on any atom is 0.149 e. The lowest BCUT2D eigenvalue weighted by Gasteiger charge is -1.98. The van der Waals surface area contributed by atoms with E-state index >= 15 is 0 Å². The number of benzene rings is 1. The summed E-state index contributed by atoms with van der Waals surface area (Å²) in [6, 6.07) is 8.58. The monoisotopic (exact) mass is 213 g/mol. The van der Waals surface area contributed by atoms with Gasteiger partial charge in [0.15, 0.2) is 0 Å². The van der Waals surface area contributed by atoms with Crippen molar-refractivity contribution in [2.45, 2.75) is 31.7 Å². The molecule has 0 unspecified atom stereocenters. The number of hydrogen-bond donors (Lipinski definition) is 1. The van der Waals surface area contributed by atoms with Gasteiger partial charge >= 0.3 is 0 Å². The first-order chi connectivity index (χ1) is 7.92. The molecule has 2 aromatic rings. The standard InChI is InChI=1S/C13H15N3/c1-2-6-10(5-1)14-9-13-15-11-7-3-4-8-12(11)16-13/h3-4,7-10H,1-2,5-6H2,(H,15,16)/b14-9+. The lowest BCUT2D eigenvalue weighted by Crippen LogP contribution is -1.97. The Balaban J connectivity index is 1.83. The molecule has 0 radical (unpaired) electrons. The zero-order chi connectivity index (χ0) is 10.8. The molecule has 3 heteroatoms. The summed E-state index contributed by atoms with van der Waals surface area (Å²) in [7, 11) is 0. The number of aliphatic imine (C=N–C) groups is 1. The zero-order valence-corrected chi connectivity index (χ0v) is 9.19. The van der Waals surface area contributed by atoms with Gasteiger partial charge in [0, 0.05) is 0 Å². The Hall–Kier alpha value is -1.64. The second-order valence-electron chi connectivity index (χ2n) is 4.36. The fraction of sp³-hybridized carbons (Fsp3) is 0.385. The largest absolute Gasteiger partial charge is 0.337 e. The molecule has 1 aliphatic carbocycles. The Bertz CT molecular complexity index is 474. The molecular formula is C13H15N3. The predicted octanol–water partition coefficient (Wildman–Crippen LogP) is 2.92. The molecule has 0 atom stereocenters. The van der Waals surface area contributed by atoms with Crippen molar-refractivity contribution in [1.82, 2.24) is 9.97 Å². The Labute approximate surface area is 94.6 Å². The molecule has 1 aromatic carbocycles. The van der Waals surface area contributed by atoms with Crippen LogP contribution in [0.5, 0.6) is 0 Å². The molecule has 0 aliphatic heterocycles. The number of nitrogens with zero attached hydrogens (tertiary/aromatic N) is 2. The van der Waals surface area contributed by atoms with E-state index in [1.165, 1.54) is 25.7 Å². The first-order valence-electron chi connectivity index (χ1n) is 5.90. The highest BCUT2D eigenvalue weighted by Gasteiger charge is 2.12. The highest BCUT2D eigenvalue weighted by Crippen LogP contribution is 2.20. The number of nitrogens with one attached hydrogen (secondary N) is 1. The molecule has 0 saturated heterocycles. The van der Waals surface area contributed by atoms with Crippen LogP contribution in [0.25, 0.3) is 11.0 Å². The number of rotatable bonds is 2. The van der Waals surface area contributed by atoms with E-state index in [4.69, 9.17) is 0 Å². The van der Waals surface area contributed by atoms with Gasteiger partial charge in [-0.1, -0.05) is 25.0 Å². The van der Waals surface area contributed by atoms with E-state index in [-0.39, 0.29) is 0 Å². The highest BCUT2D eigenvalue weighted by atomic mass is 14.9. The van der Waals surface area contributed by atoms with Crippen LogP contribution >= 0.6 is 0 Å². The molecule has 3 rings (SSSR count). The fourth-order valence-electron chi connectivity index (χ4n) is 2.26. The number of aromatic amines is 1. The molecule has 1 saturated carbocycles. The van der Waals surface area contributed by atoms with Gasteiger partial charge in [-0.2, -0.15) is 0 Å².